The van der Waals surface area contributed by atoms with E-state index in [1.165, 1.54) is 6.20 Å². The second kappa shape index (κ2) is 9.37. The van der Waals surface area contributed by atoms with Crippen molar-refractivity contribution in [1.29, 1.82) is 0 Å². The van der Waals surface area contributed by atoms with Gasteiger partial charge in [-0.3, -0.25) is 14.8 Å². The van der Waals surface area contributed by atoms with E-state index in [2.05, 4.69) is 41.1 Å². The van der Waals surface area contributed by atoms with Gasteiger partial charge in [-0.1, -0.05) is 32.6 Å². The molecule has 3 aromatic heterocycles. The minimum absolute atomic E-state index is 0.0464. The molecule has 0 saturated heterocycles. The van der Waals surface area contributed by atoms with E-state index in [-0.39, 0.29) is 11.8 Å². The lowest BCUT2D eigenvalue weighted by Crippen LogP contribution is -2.13. The summed E-state index contributed by atoms with van der Waals surface area (Å²) in [4.78, 5) is 24.7. The molecule has 1 atom stereocenters. The molecule has 158 valence electrons. The Morgan fingerprint density at radius 2 is 1.87 bits per heavy atom. The van der Waals surface area contributed by atoms with Crippen LogP contribution in [0.2, 0.25) is 0 Å². The predicted molar refractivity (Wildman–Crippen MR) is 122 cm³/mol. The maximum absolute atomic E-state index is 11.6. The number of carbonyl (C=O) groups excluding carboxylic acids is 1. The molecule has 0 aromatic carbocycles. The highest BCUT2D eigenvalue weighted by atomic mass is 16.5. The van der Waals surface area contributed by atoms with Crippen molar-refractivity contribution in [2.45, 2.75) is 26.7 Å². The van der Waals surface area contributed by atoms with Crippen LogP contribution in [0, 0.1) is 12.8 Å². The number of rotatable bonds is 7. The maximum atomic E-state index is 11.6. The van der Waals surface area contributed by atoms with E-state index >= 15 is 0 Å². The van der Waals surface area contributed by atoms with Gasteiger partial charge in [-0.15, -0.1) is 5.73 Å². The molecule has 6 heteroatoms. The highest BCUT2D eigenvalue weighted by molar-refractivity contribution is 5.95. The molecule has 31 heavy (non-hydrogen) atoms. The van der Waals surface area contributed by atoms with Crippen LogP contribution >= 0.6 is 0 Å². The summed E-state index contributed by atoms with van der Waals surface area (Å²) in [5, 5.41) is 0. The van der Waals surface area contributed by atoms with Crippen molar-refractivity contribution in [2.24, 2.45) is 11.7 Å². The number of hydrogen-bond acceptors (Lipinski definition) is 5. The summed E-state index contributed by atoms with van der Waals surface area (Å²) in [6, 6.07) is 7.76. The molecule has 0 fully saturated rings. The molecule has 0 spiro atoms. The van der Waals surface area contributed by atoms with Gasteiger partial charge in [-0.05, 0) is 30.0 Å². The van der Waals surface area contributed by atoms with Gasteiger partial charge in [0.2, 0.25) is 5.88 Å². The Morgan fingerprint density at radius 3 is 2.39 bits per heavy atom. The largest absolute Gasteiger partial charge is 0.481 e. The Kier molecular flexibility index (Phi) is 6.63. The average Bonchev–Trinajstić information content (AvgIpc) is 2.77. The molecule has 0 aliphatic heterocycles. The Hall–Kier alpha value is -3.76. The minimum atomic E-state index is -0.506. The number of allylic oxidation sites excluding steroid dienone is 1. The van der Waals surface area contributed by atoms with Crippen LogP contribution < -0.4 is 10.5 Å². The Balaban J connectivity index is 1.98. The van der Waals surface area contributed by atoms with Crippen molar-refractivity contribution in [3.05, 3.63) is 83.6 Å². The molecule has 1 unspecified atom stereocenters. The van der Waals surface area contributed by atoms with E-state index in [0.29, 0.717) is 17.1 Å². The van der Waals surface area contributed by atoms with Crippen molar-refractivity contribution in [3.63, 3.8) is 0 Å². The quantitative estimate of drug-likeness (QED) is 0.572. The number of aromatic nitrogens is 3. The fourth-order valence-electron chi connectivity index (χ4n) is 3.72. The summed E-state index contributed by atoms with van der Waals surface area (Å²) >= 11 is 0. The number of pyridine rings is 3. The smallest absolute Gasteiger partial charge is 0.250 e. The number of methoxy groups -OCH3 is 1. The third-order valence-electron chi connectivity index (χ3n) is 5.33. The Bertz CT molecular complexity index is 1130. The molecule has 0 bridgehead atoms. The first-order valence-electron chi connectivity index (χ1n) is 9.98. The van der Waals surface area contributed by atoms with Crippen molar-refractivity contribution in [3.8, 4) is 17.1 Å². The second-order valence-corrected chi connectivity index (χ2v) is 7.60. The number of primary amides is 1. The van der Waals surface area contributed by atoms with Crippen LogP contribution in [0.25, 0.3) is 16.8 Å². The Morgan fingerprint density at radius 1 is 1.10 bits per heavy atom. The number of hydrogen-bond donors (Lipinski definition) is 1. The van der Waals surface area contributed by atoms with Crippen LogP contribution in [0.1, 0.15) is 46.8 Å². The number of amides is 1. The number of ether oxygens (including phenoxy) is 1. The van der Waals surface area contributed by atoms with E-state index in [0.717, 1.165) is 27.8 Å². The monoisotopic (exact) mass is 414 g/mol. The molecule has 0 aliphatic rings. The molecule has 3 aromatic rings. The molecule has 2 N–H and O–H groups in total. The van der Waals surface area contributed by atoms with Crippen LogP contribution in [-0.2, 0) is 0 Å². The first kappa shape index (κ1) is 21.9. The van der Waals surface area contributed by atoms with E-state index in [1.54, 1.807) is 19.5 Å². The third kappa shape index (κ3) is 4.55. The van der Waals surface area contributed by atoms with Crippen molar-refractivity contribution >= 4 is 11.5 Å². The SMILES string of the molecule is C=C=C(c1ccc(-c2cncc(C(N)=O)c2C)nc1)C(c1ccc(OC)nc1)C(C)C. The van der Waals surface area contributed by atoms with E-state index in [4.69, 9.17) is 10.5 Å². The highest BCUT2D eigenvalue weighted by Crippen LogP contribution is 2.37. The number of nitrogens with zero attached hydrogens (tertiary/aromatic N) is 3. The lowest BCUT2D eigenvalue weighted by molar-refractivity contribution is 0.0999. The zero-order valence-electron chi connectivity index (χ0n) is 18.2. The van der Waals surface area contributed by atoms with Gasteiger partial charge in [0.05, 0.1) is 18.4 Å². The van der Waals surface area contributed by atoms with Gasteiger partial charge in [0.15, 0.2) is 0 Å². The summed E-state index contributed by atoms with van der Waals surface area (Å²) in [6.45, 7) is 10.1. The van der Waals surface area contributed by atoms with E-state index in [1.807, 2.05) is 37.4 Å². The molecule has 3 heterocycles. The van der Waals surface area contributed by atoms with E-state index in [9.17, 15) is 4.79 Å². The molecule has 0 radical (unpaired) electrons. The topological polar surface area (TPSA) is 91.0 Å². The molecule has 0 saturated carbocycles. The van der Waals surface area contributed by atoms with Gasteiger partial charge in [0, 0.05) is 53.5 Å². The van der Waals surface area contributed by atoms with Crippen LogP contribution in [-0.4, -0.2) is 28.0 Å². The molecular weight excluding hydrogens is 388 g/mol. The first-order valence-corrected chi connectivity index (χ1v) is 9.98. The highest BCUT2D eigenvalue weighted by Gasteiger charge is 2.23. The molecule has 0 aliphatic carbocycles. The predicted octanol–water partition coefficient (Wildman–Crippen LogP) is 4.56. The number of nitrogens with two attached hydrogens (primary N) is 1. The van der Waals surface area contributed by atoms with Crippen molar-refractivity contribution in [2.75, 3.05) is 7.11 Å². The van der Waals surface area contributed by atoms with Gasteiger partial charge >= 0.3 is 0 Å². The summed E-state index contributed by atoms with van der Waals surface area (Å²) in [5.41, 5.74) is 14.1. The Labute approximate surface area is 182 Å². The normalized spacial score (nSPS) is 11.6. The zero-order valence-corrected chi connectivity index (χ0v) is 18.2. The summed E-state index contributed by atoms with van der Waals surface area (Å²) < 4.78 is 5.18. The van der Waals surface area contributed by atoms with Crippen LogP contribution in [0.15, 0.2) is 61.4 Å². The lowest BCUT2D eigenvalue weighted by Gasteiger charge is -2.23. The van der Waals surface area contributed by atoms with Crippen molar-refractivity contribution in [1.82, 2.24) is 15.0 Å². The second-order valence-electron chi connectivity index (χ2n) is 7.60. The van der Waals surface area contributed by atoms with Crippen LogP contribution in [0.3, 0.4) is 0 Å². The fourth-order valence-corrected chi connectivity index (χ4v) is 3.72. The lowest BCUT2D eigenvalue weighted by atomic mass is 9.80. The standard InChI is InChI=1S/C25H26N4O2/c1-6-19(24(15(2)3)18-8-10-23(31-5)29-12-18)17-7-9-22(28-11-17)20-13-27-14-21(16(20)4)25(26)30/h7-15,24H,1H2,2-5H3,(H2,26,30). The fraction of sp³-hybridized carbons (Fsp3) is 0.240. The van der Waals surface area contributed by atoms with Crippen LogP contribution in [0.5, 0.6) is 5.88 Å². The maximum Gasteiger partial charge on any atom is 0.250 e. The summed E-state index contributed by atoms with van der Waals surface area (Å²) in [7, 11) is 1.60. The van der Waals surface area contributed by atoms with Crippen molar-refractivity contribution < 1.29 is 9.53 Å². The van der Waals surface area contributed by atoms with Gasteiger partial charge < -0.3 is 10.5 Å². The van der Waals surface area contributed by atoms with Crippen LogP contribution in [0.4, 0.5) is 0 Å². The molecule has 1 amide bonds. The van der Waals surface area contributed by atoms with Gasteiger partial charge in [-0.2, -0.15) is 0 Å². The summed E-state index contributed by atoms with van der Waals surface area (Å²) in [5.74, 6) is 0.403. The minimum Gasteiger partial charge on any atom is -0.481 e. The van der Waals surface area contributed by atoms with Gasteiger partial charge in [0.25, 0.3) is 5.91 Å². The first-order chi connectivity index (χ1) is 14.9. The molecule has 3 rings (SSSR count). The average molecular weight is 415 g/mol. The zero-order chi connectivity index (χ0) is 22.5. The van der Waals surface area contributed by atoms with E-state index < -0.39 is 5.91 Å². The van der Waals surface area contributed by atoms with Gasteiger partial charge in [0.1, 0.15) is 0 Å². The third-order valence-corrected chi connectivity index (χ3v) is 5.33. The molecular formula is C25H26N4O2. The van der Waals surface area contributed by atoms with Gasteiger partial charge in [-0.25, -0.2) is 4.98 Å². The number of carbonyl (C=O) groups is 1. The molecule has 6 nitrogen and oxygen atoms in total. The summed E-state index contributed by atoms with van der Waals surface area (Å²) in [6.07, 6.45) is 6.79.